The van der Waals surface area contributed by atoms with Gasteiger partial charge in [-0.3, -0.25) is 19.2 Å². The average Bonchev–Trinajstić information content (AvgIpc) is 3.47. The quantitative estimate of drug-likeness (QED) is 0.0269. The van der Waals surface area contributed by atoms with Crippen molar-refractivity contribution in [2.24, 2.45) is 0 Å². The summed E-state index contributed by atoms with van der Waals surface area (Å²) >= 11 is 8.53. The maximum Gasteiger partial charge on any atom is 0.319 e. The van der Waals surface area contributed by atoms with E-state index in [-0.39, 0.29) is 24.8 Å². The zero-order valence-corrected chi connectivity index (χ0v) is 56.9. The maximum atomic E-state index is 12.1. The minimum Gasteiger partial charge on any atom is -0.466 e. The van der Waals surface area contributed by atoms with Crippen LogP contribution in [0.2, 0.25) is 0 Å². The topological polar surface area (TPSA) is 105 Å². The summed E-state index contributed by atoms with van der Waals surface area (Å²) in [5, 5.41) is -1.46. The molecule has 82 heavy (non-hydrogen) atoms. The summed E-state index contributed by atoms with van der Waals surface area (Å²) in [7, 11) is 0. The Labute approximate surface area is 521 Å². The Balaban J connectivity index is 0. The van der Waals surface area contributed by atoms with E-state index >= 15 is 0 Å². The van der Waals surface area contributed by atoms with Crippen molar-refractivity contribution in [3.05, 3.63) is 0 Å². The van der Waals surface area contributed by atoms with Crippen molar-refractivity contribution in [2.45, 2.75) is 411 Å². The predicted octanol–water partition coefficient (Wildman–Crippen LogP) is 23.4. The normalized spacial score (nSPS) is 12.0. The molecule has 0 bridgehead atoms. The molecule has 2 atom stereocenters. The molecule has 8 nitrogen and oxygen atoms in total. The Hall–Kier alpha value is -1.42. The highest BCUT2D eigenvalue weighted by Gasteiger charge is 2.21. The van der Waals surface area contributed by atoms with E-state index < -0.39 is 22.4 Å². The van der Waals surface area contributed by atoms with Crippen LogP contribution in [0.25, 0.3) is 0 Å². The summed E-state index contributed by atoms with van der Waals surface area (Å²) < 4.78 is 21.3. The molecule has 0 heterocycles. The second-order valence-electron chi connectivity index (χ2n) is 24.6. The van der Waals surface area contributed by atoms with Crippen LogP contribution in [0.15, 0.2) is 0 Å². The van der Waals surface area contributed by atoms with Gasteiger partial charge in [0.2, 0.25) is 0 Å². The van der Waals surface area contributed by atoms with E-state index in [1.54, 1.807) is 0 Å². The molecule has 2 unspecified atom stereocenters. The van der Waals surface area contributed by atoms with Crippen LogP contribution in [0, 0.1) is 0 Å². The first kappa shape index (κ1) is 82.6. The summed E-state index contributed by atoms with van der Waals surface area (Å²) in [6, 6.07) is 0. The third-order valence-corrected chi connectivity index (χ3v) is 17.1. The largest absolute Gasteiger partial charge is 0.466 e. The fourth-order valence-electron chi connectivity index (χ4n) is 10.7. The van der Waals surface area contributed by atoms with E-state index in [1.807, 2.05) is 0 Å². The first-order valence-corrected chi connectivity index (χ1v) is 37.3. The summed E-state index contributed by atoms with van der Waals surface area (Å²) in [5.41, 5.74) is 0. The van der Waals surface area contributed by atoms with Gasteiger partial charge in [-0.15, -0.1) is 0 Å². The van der Waals surface area contributed by atoms with Crippen LogP contribution >= 0.6 is 25.3 Å². The van der Waals surface area contributed by atoms with Gasteiger partial charge in [-0.1, -0.05) is 362 Å². The van der Waals surface area contributed by atoms with E-state index in [4.69, 9.17) is 18.9 Å². The number of carbonyl (C=O) groups is 4. The van der Waals surface area contributed by atoms with Gasteiger partial charge in [0.15, 0.2) is 0 Å². The summed E-state index contributed by atoms with van der Waals surface area (Å²) in [6.45, 7) is 10.8. The van der Waals surface area contributed by atoms with Crippen molar-refractivity contribution in [3.63, 3.8) is 0 Å². The molecule has 0 aromatic carbocycles. The Morgan fingerprint density at radius 3 is 0.512 bits per heavy atom. The van der Waals surface area contributed by atoms with Gasteiger partial charge >= 0.3 is 23.9 Å². The fourth-order valence-corrected chi connectivity index (χ4v) is 11.1. The van der Waals surface area contributed by atoms with Crippen LogP contribution in [0.5, 0.6) is 0 Å². The zero-order valence-electron chi connectivity index (χ0n) is 55.2. The second-order valence-corrected chi connectivity index (χ2v) is 25.8. The molecule has 0 N–H and O–H groups in total. The third kappa shape index (κ3) is 69.4. The minimum atomic E-state index is -0.731. The van der Waals surface area contributed by atoms with E-state index in [1.165, 1.54) is 308 Å². The standard InChI is InChI=1S/2C36H70O4S/c2*1-3-5-7-9-11-13-15-17-19-21-23-25-27-29-31-39-35(37)33-34(41)36(38)40-32-30-28-26-24-22-20-18-16-14-12-10-8-6-4-2/h2*34,41H,3-33H2,1-2H3. The Kier molecular flexibility index (Phi) is 72.6. The lowest BCUT2D eigenvalue weighted by Gasteiger charge is -2.11. The monoisotopic (exact) mass is 1200 g/mol. The molecule has 0 aromatic rings. The van der Waals surface area contributed by atoms with Gasteiger partial charge < -0.3 is 18.9 Å². The van der Waals surface area contributed by atoms with Gasteiger partial charge in [0, 0.05) is 0 Å². The third-order valence-electron chi connectivity index (χ3n) is 16.3. The van der Waals surface area contributed by atoms with Gasteiger partial charge in [-0.2, -0.15) is 25.3 Å². The molecule has 0 saturated heterocycles. The lowest BCUT2D eigenvalue weighted by molar-refractivity contribution is -0.149. The molecule has 0 amide bonds. The van der Waals surface area contributed by atoms with Crippen molar-refractivity contribution >= 4 is 49.1 Å². The smallest absolute Gasteiger partial charge is 0.319 e. The zero-order chi connectivity index (χ0) is 60.1. The molecule has 0 spiro atoms. The minimum absolute atomic E-state index is 0.0146. The molecule has 0 aliphatic rings. The number of esters is 4. The van der Waals surface area contributed by atoms with Crippen LogP contribution in [0.3, 0.4) is 0 Å². The van der Waals surface area contributed by atoms with Crippen LogP contribution in [-0.2, 0) is 38.1 Å². The Morgan fingerprint density at radius 1 is 0.220 bits per heavy atom. The van der Waals surface area contributed by atoms with Crippen LogP contribution < -0.4 is 0 Å². The molecular formula is C72H140O8S2. The first-order chi connectivity index (χ1) is 40.2. The summed E-state index contributed by atoms with van der Waals surface area (Å²) in [5.74, 6) is -1.52. The number of thiol groups is 2. The van der Waals surface area contributed by atoms with Gasteiger partial charge in [0.25, 0.3) is 0 Å². The molecule has 0 rings (SSSR count). The fraction of sp³-hybridized carbons (Fsp3) is 0.944. The van der Waals surface area contributed by atoms with Crippen molar-refractivity contribution in [3.8, 4) is 0 Å². The molecular weight excluding hydrogens is 1060 g/mol. The Morgan fingerprint density at radius 2 is 0.354 bits per heavy atom. The lowest BCUT2D eigenvalue weighted by atomic mass is 10.0. The number of ether oxygens (including phenoxy) is 4. The van der Waals surface area contributed by atoms with E-state index in [9.17, 15) is 19.2 Å². The molecule has 0 aromatic heterocycles. The van der Waals surface area contributed by atoms with Crippen molar-refractivity contribution in [1.29, 1.82) is 0 Å². The van der Waals surface area contributed by atoms with Crippen molar-refractivity contribution < 1.29 is 38.1 Å². The number of hydrogen-bond acceptors (Lipinski definition) is 10. The van der Waals surface area contributed by atoms with E-state index in [0.29, 0.717) is 26.4 Å². The number of rotatable bonds is 66. The van der Waals surface area contributed by atoms with Gasteiger partial charge in [0.05, 0.1) is 39.3 Å². The average molecular weight is 1200 g/mol. The number of unbranched alkanes of at least 4 members (excludes halogenated alkanes) is 52. The molecule has 0 saturated carbocycles. The van der Waals surface area contributed by atoms with E-state index in [2.05, 4.69) is 53.0 Å². The van der Waals surface area contributed by atoms with Crippen LogP contribution in [0.4, 0.5) is 0 Å². The highest BCUT2D eigenvalue weighted by molar-refractivity contribution is 7.82. The molecule has 0 aliphatic heterocycles. The molecule has 488 valence electrons. The van der Waals surface area contributed by atoms with Gasteiger partial charge in [0.1, 0.15) is 10.5 Å². The summed E-state index contributed by atoms with van der Waals surface area (Å²) in [4.78, 5) is 48.3. The SMILES string of the molecule is CCCCCCCCCCCCCCCCOC(=O)CC(S)C(=O)OCCCCCCCCCCCCCCCC.CCCCCCCCCCCCCCCCOC(=O)CC(S)C(=O)OCCCCCCCCCCCCCCCC. The number of carbonyl (C=O) groups excluding carboxylic acids is 4. The van der Waals surface area contributed by atoms with Crippen LogP contribution in [-0.4, -0.2) is 60.8 Å². The number of hydrogen-bond donors (Lipinski definition) is 2. The maximum absolute atomic E-state index is 12.1. The van der Waals surface area contributed by atoms with Crippen LogP contribution in [0.1, 0.15) is 400 Å². The van der Waals surface area contributed by atoms with E-state index in [0.717, 1.165) is 51.4 Å². The van der Waals surface area contributed by atoms with Gasteiger partial charge in [-0.05, 0) is 25.7 Å². The lowest BCUT2D eigenvalue weighted by Crippen LogP contribution is -2.23. The Bertz CT molecular complexity index is 1200. The van der Waals surface area contributed by atoms with Crippen molar-refractivity contribution in [1.82, 2.24) is 0 Å². The van der Waals surface area contributed by atoms with Crippen molar-refractivity contribution in [2.75, 3.05) is 26.4 Å². The predicted molar refractivity (Wildman–Crippen MR) is 360 cm³/mol. The highest BCUT2D eigenvalue weighted by Crippen LogP contribution is 2.18. The molecule has 0 radical (unpaired) electrons. The van der Waals surface area contributed by atoms with Gasteiger partial charge in [-0.25, -0.2) is 0 Å². The molecule has 0 aliphatic carbocycles. The summed E-state index contributed by atoms with van der Waals surface area (Å²) in [6.07, 6.45) is 72.9. The highest BCUT2D eigenvalue weighted by atomic mass is 32.1. The molecule has 0 fully saturated rings. The second kappa shape index (κ2) is 72.1. The molecule has 10 heteroatoms. The first-order valence-electron chi connectivity index (χ1n) is 36.2.